The molecule has 0 spiro atoms. The first-order valence-corrected chi connectivity index (χ1v) is 9.65. The Balaban J connectivity index is 1.59. The van der Waals surface area contributed by atoms with E-state index in [1.54, 1.807) is 6.33 Å². The largest absolute Gasteiger partial charge is 0.330 e. The van der Waals surface area contributed by atoms with Crippen molar-refractivity contribution in [3.63, 3.8) is 0 Å². The van der Waals surface area contributed by atoms with E-state index >= 15 is 0 Å². The fourth-order valence-electron chi connectivity index (χ4n) is 3.82. The van der Waals surface area contributed by atoms with Crippen LogP contribution in [-0.2, 0) is 4.79 Å². The summed E-state index contributed by atoms with van der Waals surface area (Å²) in [4.78, 5) is 23.2. The van der Waals surface area contributed by atoms with E-state index in [-0.39, 0.29) is 18.0 Å². The summed E-state index contributed by atoms with van der Waals surface area (Å²) in [5.41, 5.74) is 13.9. The summed E-state index contributed by atoms with van der Waals surface area (Å²) in [6, 6.07) is 8.07. The molecule has 2 atom stereocenters. The van der Waals surface area contributed by atoms with E-state index in [9.17, 15) is 4.79 Å². The maximum Gasteiger partial charge on any atom is 0.223 e. The molecule has 1 aliphatic rings. The van der Waals surface area contributed by atoms with Crippen LogP contribution >= 0.6 is 0 Å². The lowest BCUT2D eigenvalue weighted by Gasteiger charge is -2.37. The zero-order valence-corrected chi connectivity index (χ0v) is 15.3. The number of benzene rings is 1. The molecule has 4 N–H and O–H groups in total. The lowest BCUT2D eigenvalue weighted by molar-refractivity contribution is -0.135. The van der Waals surface area contributed by atoms with Gasteiger partial charge in [-0.2, -0.15) is 0 Å². The van der Waals surface area contributed by atoms with Crippen LogP contribution in [0.2, 0.25) is 0 Å². The zero-order valence-electron chi connectivity index (χ0n) is 15.3. The molecular formula is C20H29N5O. The van der Waals surface area contributed by atoms with Gasteiger partial charge in [-0.05, 0) is 38.3 Å². The van der Waals surface area contributed by atoms with Crippen LogP contribution in [0.5, 0.6) is 0 Å². The molecule has 1 saturated heterocycles. The van der Waals surface area contributed by atoms with Gasteiger partial charge in [-0.15, -0.1) is 0 Å². The van der Waals surface area contributed by atoms with Crippen LogP contribution in [0.4, 0.5) is 0 Å². The second kappa shape index (κ2) is 9.05. The number of nitrogens with two attached hydrogens (primary N) is 2. The maximum atomic E-state index is 12.5. The van der Waals surface area contributed by atoms with Gasteiger partial charge in [-0.25, -0.2) is 9.97 Å². The molecule has 1 fully saturated rings. The van der Waals surface area contributed by atoms with Crippen LogP contribution in [0, 0.1) is 0 Å². The van der Waals surface area contributed by atoms with Gasteiger partial charge in [0.1, 0.15) is 6.33 Å². The van der Waals surface area contributed by atoms with Crippen LogP contribution in [0.25, 0.3) is 10.9 Å². The Hall–Kier alpha value is -2.05. The molecular weight excluding hydrogens is 326 g/mol. The van der Waals surface area contributed by atoms with Crippen molar-refractivity contribution in [2.45, 2.75) is 57.0 Å². The first kappa shape index (κ1) is 18.7. The number of amides is 1. The Kier molecular flexibility index (Phi) is 6.52. The summed E-state index contributed by atoms with van der Waals surface area (Å²) in [7, 11) is 0. The number of hydrogen-bond donors (Lipinski definition) is 2. The third kappa shape index (κ3) is 4.37. The van der Waals surface area contributed by atoms with Crippen molar-refractivity contribution >= 4 is 16.8 Å². The number of unbranched alkanes of at least 4 members (excludes halogenated alkanes) is 3. The molecule has 140 valence electrons. The average Bonchev–Trinajstić information content (AvgIpc) is 2.67. The van der Waals surface area contributed by atoms with E-state index in [0.717, 1.165) is 61.7 Å². The van der Waals surface area contributed by atoms with Gasteiger partial charge < -0.3 is 16.4 Å². The third-order valence-electron chi connectivity index (χ3n) is 5.27. The van der Waals surface area contributed by atoms with Gasteiger partial charge >= 0.3 is 0 Å². The smallest absolute Gasteiger partial charge is 0.223 e. The molecule has 6 heteroatoms. The predicted molar refractivity (Wildman–Crippen MR) is 103 cm³/mol. The fraction of sp³-hybridized carbons (Fsp3) is 0.550. The molecule has 0 saturated carbocycles. The molecule has 1 aliphatic heterocycles. The molecule has 1 aromatic carbocycles. The predicted octanol–water partition coefficient (Wildman–Crippen LogP) is 2.53. The van der Waals surface area contributed by atoms with Crippen LogP contribution in [0.1, 0.15) is 56.6 Å². The number of rotatable bonds is 7. The van der Waals surface area contributed by atoms with Crippen molar-refractivity contribution in [1.29, 1.82) is 0 Å². The van der Waals surface area contributed by atoms with Crippen LogP contribution < -0.4 is 11.5 Å². The number of para-hydroxylation sites is 1. The van der Waals surface area contributed by atoms with Gasteiger partial charge in [0, 0.05) is 24.3 Å². The van der Waals surface area contributed by atoms with Crippen molar-refractivity contribution in [2.24, 2.45) is 11.5 Å². The molecule has 1 amide bonds. The first-order valence-electron chi connectivity index (χ1n) is 9.65. The van der Waals surface area contributed by atoms with E-state index in [2.05, 4.69) is 16.0 Å². The summed E-state index contributed by atoms with van der Waals surface area (Å²) < 4.78 is 0. The molecule has 1 aromatic heterocycles. The van der Waals surface area contributed by atoms with E-state index in [0.29, 0.717) is 13.0 Å². The highest BCUT2D eigenvalue weighted by atomic mass is 16.2. The molecule has 2 unspecified atom stereocenters. The van der Waals surface area contributed by atoms with Gasteiger partial charge in [0.2, 0.25) is 5.91 Å². The summed E-state index contributed by atoms with van der Waals surface area (Å²) in [6.07, 6.45) is 7.72. The number of carbonyl (C=O) groups excluding carboxylic acids is 1. The van der Waals surface area contributed by atoms with Crippen molar-refractivity contribution < 1.29 is 4.79 Å². The molecule has 6 nitrogen and oxygen atoms in total. The highest BCUT2D eigenvalue weighted by Gasteiger charge is 2.31. The van der Waals surface area contributed by atoms with Crippen molar-refractivity contribution in [1.82, 2.24) is 14.9 Å². The van der Waals surface area contributed by atoms with E-state index in [1.807, 2.05) is 23.1 Å². The van der Waals surface area contributed by atoms with Crippen molar-refractivity contribution in [3.05, 3.63) is 36.3 Å². The maximum absolute atomic E-state index is 12.5. The normalized spacial score (nSPS) is 20.5. The number of nitrogens with zero attached hydrogens (tertiary/aromatic N) is 3. The van der Waals surface area contributed by atoms with Crippen molar-refractivity contribution in [3.8, 4) is 0 Å². The summed E-state index contributed by atoms with van der Waals surface area (Å²) in [5.74, 6) is 0.447. The van der Waals surface area contributed by atoms with E-state index in [1.165, 1.54) is 0 Å². The van der Waals surface area contributed by atoms with Crippen LogP contribution in [-0.4, -0.2) is 40.0 Å². The molecule has 2 aromatic rings. The van der Waals surface area contributed by atoms with Crippen molar-refractivity contribution in [2.75, 3.05) is 13.1 Å². The van der Waals surface area contributed by atoms with E-state index in [4.69, 9.17) is 11.5 Å². The molecule has 0 aliphatic carbocycles. The highest BCUT2D eigenvalue weighted by Crippen LogP contribution is 2.32. The second-order valence-corrected chi connectivity index (χ2v) is 7.10. The summed E-state index contributed by atoms with van der Waals surface area (Å²) >= 11 is 0. The minimum atomic E-state index is -0.237. The number of aromatic nitrogens is 2. The first-order chi connectivity index (χ1) is 12.7. The fourth-order valence-corrected chi connectivity index (χ4v) is 3.82. The van der Waals surface area contributed by atoms with Gasteiger partial charge in [0.15, 0.2) is 0 Å². The minimum Gasteiger partial charge on any atom is -0.330 e. The lowest BCUT2D eigenvalue weighted by atomic mass is 9.89. The Labute approximate surface area is 155 Å². The zero-order chi connectivity index (χ0) is 18.4. The number of hydrogen-bond acceptors (Lipinski definition) is 5. The Morgan fingerprint density at radius 2 is 1.96 bits per heavy atom. The third-order valence-corrected chi connectivity index (χ3v) is 5.27. The number of likely N-dealkylation sites (tertiary alicyclic amines) is 1. The summed E-state index contributed by atoms with van der Waals surface area (Å²) in [5, 5.41) is 1.09. The standard InChI is InChI=1S/C20H29N5O/c21-11-6-2-1-3-9-19(26)25-12-10-15(13-18(25)22)20-16-7-4-5-8-17(16)23-14-24-20/h4-5,7-8,14-15,18H,1-3,6,9-13,21-22H2. The molecule has 26 heavy (non-hydrogen) atoms. The SMILES string of the molecule is NCCCCCCC(=O)N1CCC(c2ncnc3ccccc23)CC1N. The lowest BCUT2D eigenvalue weighted by Crippen LogP contribution is -2.50. The number of carbonyl (C=O) groups is 1. The summed E-state index contributed by atoms with van der Waals surface area (Å²) in [6.45, 7) is 1.43. The Morgan fingerprint density at radius 3 is 2.77 bits per heavy atom. The van der Waals surface area contributed by atoms with Gasteiger partial charge in [0.05, 0.1) is 17.4 Å². The number of piperidine rings is 1. The monoisotopic (exact) mass is 355 g/mol. The Morgan fingerprint density at radius 1 is 1.15 bits per heavy atom. The topological polar surface area (TPSA) is 98.1 Å². The average molecular weight is 355 g/mol. The van der Waals surface area contributed by atoms with Crippen LogP contribution in [0.15, 0.2) is 30.6 Å². The highest BCUT2D eigenvalue weighted by molar-refractivity contribution is 5.81. The molecule has 0 radical (unpaired) electrons. The quantitative estimate of drug-likeness (QED) is 0.744. The second-order valence-electron chi connectivity index (χ2n) is 7.10. The van der Waals surface area contributed by atoms with Crippen LogP contribution in [0.3, 0.4) is 0 Å². The van der Waals surface area contributed by atoms with Gasteiger partial charge in [-0.3, -0.25) is 4.79 Å². The molecule has 3 rings (SSSR count). The van der Waals surface area contributed by atoms with Gasteiger partial charge in [0.25, 0.3) is 0 Å². The Bertz CT molecular complexity index is 730. The minimum absolute atomic E-state index is 0.177. The molecule has 0 bridgehead atoms. The molecule has 2 heterocycles. The number of fused-ring (bicyclic) bond motifs is 1. The van der Waals surface area contributed by atoms with Gasteiger partial charge in [-0.1, -0.05) is 31.0 Å². The van der Waals surface area contributed by atoms with E-state index < -0.39 is 0 Å².